The molecule has 2 aromatic rings. The zero-order valence-electron chi connectivity index (χ0n) is 13.7. The lowest BCUT2D eigenvalue weighted by atomic mass is 9.93. The molecule has 1 aromatic carbocycles. The topological polar surface area (TPSA) is 53.4 Å². The summed E-state index contributed by atoms with van der Waals surface area (Å²) < 4.78 is 13.7. The number of carboxylic acids is 1. The van der Waals surface area contributed by atoms with E-state index in [-0.39, 0.29) is 17.8 Å². The first-order valence-corrected chi connectivity index (χ1v) is 8.19. The van der Waals surface area contributed by atoms with Gasteiger partial charge >= 0.3 is 5.97 Å². The van der Waals surface area contributed by atoms with Crippen molar-refractivity contribution in [1.29, 1.82) is 0 Å². The number of carboxylic acid groups (broad SMARTS) is 1. The van der Waals surface area contributed by atoms with Crippen LogP contribution in [0.1, 0.15) is 35.7 Å². The quantitative estimate of drug-likeness (QED) is 0.934. The van der Waals surface area contributed by atoms with Gasteiger partial charge in [-0.1, -0.05) is 18.2 Å². The predicted octanol–water partition coefficient (Wildman–Crippen LogP) is 3.42. The summed E-state index contributed by atoms with van der Waals surface area (Å²) in [6.45, 7) is 3.20. The van der Waals surface area contributed by atoms with Crippen LogP contribution in [-0.4, -0.2) is 34.0 Å². The summed E-state index contributed by atoms with van der Waals surface area (Å²) in [6, 6.07) is 10.2. The molecule has 0 radical (unpaired) electrons. The molecule has 0 spiro atoms. The number of aryl methyl sites for hydroxylation is 1. The summed E-state index contributed by atoms with van der Waals surface area (Å²) in [4.78, 5) is 18.0. The maximum atomic E-state index is 13.7. The number of hydrogen-bond donors (Lipinski definition) is 1. The van der Waals surface area contributed by atoms with E-state index >= 15 is 0 Å². The van der Waals surface area contributed by atoms with Gasteiger partial charge in [-0.3, -0.25) is 14.7 Å². The van der Waals surface area contributed by atoms with Crippen LogP contribution in [0.15, 0.2) is 42.6 Å². The van der Waals surface area contributed by atoms with Crippen molar-refractivity contribution < 1.29 is 14.3 Å². The van der Waals surface area contributed by atoms with E-state index < -0.39 is 5.97 Å². The van der Waals surface area contributed by atoms with Gasteiger partial charge in [0, 0.05) is 12.7 Å². The molecule has 24 heavy (non-hydrogen) atoms. The summed E-state index contributed by atoms with van der Waals surface area (Å²) in [6.07, 6.45) is 3.29. The number of aliphatic carboxylic acids is 1. The average molecular weight is 328 g/mol. The molecule has 1 aliphatic heterocycles. The number of benzene rings is 1. The molecule has 5 heteroatoms. The van der Waals surface area contributed by atoms with Gasteiger partial charge in [0.2, 0.25) is 0 Å². The van der Waals surface area contributed by atoms with Crippen LogP contribution in [0.5, 0.6) is 0 Å². The highest BCUT2D eigenvalue weighted by molar-refractivity contribution is 5.70. The molecule has 1 saturated heterocycles. The Bertz CT molecular complexity index is 718. The van der Waals surface area contributed by atoms with E-state index in [0.717, 1.165) is 29.8 Å². The molecule has 0 saturated carbocycles. The monoisotopic (exact) mass is 328 g/mol. The number of piperidine rings is 1. The molecule has 1 fully saturated rings. The third kappa shape index (κ3) is 3.62. The summed E-state index contributed by atoms with van der Waals surface area (Å²) in [5.41, 5.74) is 2.67. The van der Waals surface area contributed by atoms with Crippen molar-refractivity contribution in [1.82, 2.24) is 9.88 Å². The minimum Gasteiger partial charge on any atom is -0.481 e. The lowest BCUT2D eigenvalue weighted by Gasteiger charge is -2.37. The normalized spacial score (nSPS) is 19.8. The van der Waals surface area contributed by atoms with Crippen molar-refractivity contribution in [3.8, 4) is 0 Å². The molecular formula is C19H21FN2O2. The van der Waals surface area contributed by atoms with Crippen LogP contribution in [0.3, 0.4) is 0 Å². The Hall–Kier alpha value is -2.27. The number of carbonyl (C=O) groups is 1. The Morgan fingerprint density at radius 1 is 1.38 bits per heavy atom. The van der Waals surface area contributed by atoms with Gasteiger partial charge in [-0.05, 0) is 55.6 Å². The van der Waals surface area contributed by atoms with Crippen LogP contribution >= 0.6 is 0 Å². The largest absolute Gasteiger partial charge is 0.481 e. The smallest absolute Gasteiger partial charge is 0.307 e. The Morgan fingerprint density at radius 2 is 2.21 bits per heavy atom. The lowest BCUT2D eigenvalue weighted by molar-refractivity contribution is -0.143. The number of pyridine rings is 1. The van der Waals surface area contributed by atoms with Gasteiger partial charge in [0.1, 0.15) is 5.82 Å². The highest BCUT2D eigenvalue weighted by Crippen LogP contribution is 2.32. The molecule has 2 unspecified atom stereocenters. The number of nitrogens with zero attached hydrogens (tertiary/aromatic N) is 2. The molecule has 2 heterocycles. The van der Waals surface area contributed by atoms with E-state index in [0.29, 0.717) is 13.0 Å². The fraction of sp³-hybridized carbons (Fsp3) is 0.368. The summed E-state index contributed by atoms with van der Waals surface area (Å²) in [5, 5.41) is 9.36. The van der Waals surface area contributed by atoms with Crippen LogP contribution in [0, 0.1) is 18.7 Å². The maximum absolute atomic E-state index is 13.7. The second kappa shape index (κ2) is 7.09. The zero-order chi connectivity index (χ0) is 17.1. The van der Waals surface area contributed by atoms with E-state index in [1.807, 2.05) is 25.1 Å². The van der Waals surface area contributed by atoms with Gasteiger partial charge < -0.3 is 5.11 Å². The first-order chi connectivity index (χ1) is 11.5. The van der Waals surface area contributed by atoms with Crippen molar-refractivity contribution in [2.24, 2.45) is 5.92 Å². The van der Waals surface area contributed by atoms with E-state index in [1.54, 1.807) is 12.3 Å². The molecule has 126 valence electrons. The van der Waals surface area contributed by atoms with E-state index in [9.17, 15) is 14.3 Å². The first-order valence-electron chi connectivity index (χ1n) is 8.19. The van der Waals surface area contributed by atoms with Crippen molar-refractivity contribution in [2.45, 2.75) is 25.8 Å². The van der Waals surface area contributed by atoms with E-state index in [1.165, 1.54) is 12.1 Å². The fourth-order valence-corrected chi connectivity index (χ4v) is 3.33. The maximum Gasteiger partial charge on any atom is 0.307 e. The van der Waals surface area contributed by atoms with Crippen molar-refractivity contribution >= 4 is 5.97 Å². The van der Waals surface area contributed by atoms with Gasteiger partial charge in [-0.2, -0.15) is 0 Å². The highest BCUT2D eigenvalue weighted by atomic mass is 19.1. The van der Waals surface area contributed by atoms with Gasteiger partial charge in [-0.15, -0.1) is 0 Å². The molecule has 0 bridgehead atoms. The Morgan fingerprint density at radius 3 is 2.88 bits per heavy atom. The fourth-order valence-electron chi connectivity index (χ4n) is 3.33. The zero-order valence-corrected chi connectivity index (χ0v) is 13.7. The third-order valence-electron chi connectivity index (χ3n) is 4.55. The van der Waals surface area contributed by atoms with Crippen LogP contribution in [0.2, 0.25) is 0 Å². The summed E-state index contributed by atoms with van der Waals surface area (Å²) in [5.74, 6) is -1.45. The molecule has 4 nitrogen and oxygen atoms in total. The second-order valence-electron chi connectivity index (χ2n) is 6.39. The van der Waals surface area contributed by atoms with E-state index in [4.69, 9.17) is 0 Å². The Balaban J connectivity index is 1.98. The number of hydrogen-bond acceptors (Lipinski definition) is 3. The molecule has 1 aromatic heterocycles. The van der Waals surface area contributed by atoms with Crippen LogP contribution in [0.25, 0.3) is 0 Å². The molecule has 2 atom stereocenters. The molecular weight excluding hydrogens is 307 g/mol. The van der Waals surface area contributed by atoms with Gasteiger partial charge in [0.05, 0.1) is 17.7 Å². The third-order valence-corrected chi connectivity index (χ3v) is 4.55. The number of aromatic nitrogens is 1. The van der Waals surface area contributed by atoms with Crippen LogP contribution in [-0.2, 0) is 4.79 Å². The molecule has 3 rings (SSSR count). The van der Waals surface area contributed by atoms with E-state index in [2.05, 4.69) is 9.88 Å². The molecule has 0 amide bonds. The summed E-state index contributed by atoms with van der Waals surface area (Å²) in [7, 11) is 0. The summed E-state index contributed by atoms with van der Waals surface area (Å²) >= 11 is 0. The highest BCUT2D eigenvalue weighted by Gasteiger charge is 2.32. The average Bonchev–Trinajstić information content (AvgIpc) is 2.57. The van der Waals surface area contributed by atoms with Crippen LogP contribution < -0.4 is 0 Å². The van der Waals surface area contributed by atoms with Gasteiger partial charge in [0.25, 0.3) is 0 Å². The lowest BCUT2D eigenvalue weighted by Crippen LogP contribution is -2.41. The van der Waals surface area contributed by atoms with Crippen molar-refractivity contribution in [2.75, 3.05) is 13.1 Å². The Labute approximate surface area is 141 Å². The van der Waals surface area contributed by atoms with Crippen LogP contribution in [0.4, 0.5) is 4.39 Å². The molecule has 0 aliphatic carbocycles. The standard InChI is InChI=1S/C19H21FN2O2/c1-13-7-8-17(21-11-13)18(14-4-2-6-16(20)10-14)22-9-3-5-15(12-22)19(23)24/h2,4,6-8,10-11,15,18H,3,5,9,12H2,1H3,(H,23,24). The molecule has 1 aliphatic rings. The first kappa shape index (κ1) is 16.6. The molecule has 1 N–H and O–H groups in total. The SMILES string of the molecule is Cc1ccc(C(c2cccc(F)c2)N2CCCC(C(=O)O)C2)nc1. The van der Waals surface area contributed by atoms with Crippen molar-refractivity contribution in [3.63, 3.8) is 0 Å². The predicted molar refractivity (Wildman–Crippen MR) is 89.1 cm³/mol. The van der Waals surface area contributed by atoms with Crippen molar-refractivity contribution in [3.05, 3.63) is 65.2 Å². The minimum absolute atomic E-state index is 0.233. The number of rotatable bonds is 4. The number of halogens is 1. The van der Waals surface area contributed by atoms with Gasteiger partial charge in [-0.25, -0.2) is 4.39 Å². The number of likely N-dealkylation sites (tertiary alicyclic amines) is 1. The Kier molecular flexibility index (Phi) is 4.90. The van der Waals surface area contributed by atoms with Gasteiger partial charge in [0.15, 0.2) is 0 Å². The second-order valence-corrected chi connectivity index (χ2v) is 6.39. The minimum atomic E-state index is -0.769.